The number of hydrogen-bond donors (Lipinski definition) is 2. The average molecular weight is 332 g/mol. The lowest BCUT2D eigenvalue weighted by atomic mass is 9.89. The van der Waals surface area contributed by atoms with Gasteiger partial charge in [-0.2, -0.15) is 0 Å². The zero-order valence-electron chi connectivity index (χ0n) is 13.6. The SMILES string of the molecule is CC1CCc2c(sc3nc(CN(CCO)C4CC4)nc(N)c23)C1. The molecule has 2 aromatic heterocycles. The maximum atomic E-state index is 9.25. The summed E-state index contributed by atoms with van der Waals surface area (Å²) >= 11 is 1.80. The maximum Gasteiger partial charge on any atom is 0.146 e. The van der Waals surface area contributed by atoms with E-state index < -0.39 is 0 Å². The van der Waals surface area contributed by atoms with Crippen molar-refractivity contribution in [2.45, 2.75) is 51.6 Å². The topological polar surface area (TPSA) is 75.3 Å². The smallest absolute Gasteiger partial charge is 0.146 e. The van der Waals surface area contributed by atoms with Crippen LogP contribution in [0.2, 0.25) is 0 Å². The molecule has 1 unspecified atom stereocenters. The number of aliphatic hydroxyl groups is 1. The van der Waals surface area contributed by atoms with Crippen LogP contribution in [0.1, 0.15) is 42.5 Å². The fourth-order valence-electron chi connectivity index (χ4n) is 3.63. The van der Waals surface area contributed by atoms with E-state index in [4.69, 9.17) is 10.7 Å². The monoisotopic (exact) mass is 332 g/mol. The lowest BCUT2D eigenvalue weighted by Gasteiger charge is -2.20. The van der Waals surface area contributed by atoms with Crippen molar-refractivity contribution in [2.75, 3.05) is 18.9 Å². The number of rotatable bonds is 5. The molecule has 2 heterocycles. The average Bonchev–Trinajstić information content (AvgIpc) is 3.28. The molecule has 6 heteroatoms. The first-order valence-electron chi connectivity index (χ1n) is 8.57. The first-order valence-corrected chi connectivity index (χ1v) is 9.39. The van der Waals surface area contributed by atoms with Crippen molar-refractivity contribution in [3.8, 4) is 0 Å². The minimum absolute atomic E-state index is 0.180. The predicted octanol–water partition coefficient (Wildman–Crippen LogP) is 2.36. The summed E-state index contributed by atoms with van der Waals surface area (Å²) in [4.78, 5) is 14.2. The molecule has 0 amide bonds. The molecule has 2 aromatic rings. The van der Waals surface area contributed by atoms with E-state index in [-0.39, 0.29) is 6.61 Å². The maximum absolute atomic E-state index is 9.25. The molecule has 2 aliphatic rings. The van der Waals surface area contributed by atoms with E-state index in [9.17, 15) is 5.11 Å². The number of thiophene rings is 1. The number of nitrogens with two attached hydrogens (primary N) is 1. The summed E-state index contributed by atoms with van der Waals surface area (Å²) in [6, 6.07) is 0.583. The van der Waals surface area contributed by atoms with Gasteiger partial charge >= 0.3 is 0 Å². The summed E-state index contributed by atoms with van der Waals surface area (Å²) in [5.74, 6) is 2.18. The number of anilines is 1. The third kappa shape index (κ3) is 2.95. The molecule has 1 fully saturated rings. The van der Waals surface area contributed by atoms with E-state index in [1.165, 1.54) is 29.7 Å². The lowest BCUT2D eigenvalue weighted by Crippen LogP contribution is -2.29. The van der Waals surface area contributed by atoms with Gasteiger partial charge in [-0.1, -0.05) is 6.92 Å². The molecule has 3 N–H and O–H groups in total. The Labute approximate surface area is 140 Å². The Kier molecular flexibility index (Phi) is 3.99. The van der Waals surface area contributed by atoms with Crippen molar-refractivity contribution in [3.63, 3.8) is 0 Å². The number of hydrogen-bond acceptors (Lipinski definition) is 6. The normalized spacial score (nSPS) is 21.1. The molecule has 23 heavy (non-hydrogen) atoms. The number of aliphatic hydroxyl groups excluding tert-OH is 1. The summed E-state index contributed by atoms with van der Waals surface area (Å²) in [6.07, 6.45) is 5.89. The van der Waals surface area contributed by atoms with E-state index in [2.05, 4.69) is 16.8 Å². The van der Waals surface area contributed by atoms with Crippen molar-refractivity contribution in [3.05, 3.63) is 16.3 Å². The number of aryl methyl sites for hydroxylation is 1. The van der Waals surface area contributed by atoms with Gasteiger partial charge in [0.1, 0.15) is 16.5 Å². The van der Waals surface area contributed by atoms with Crippen molar-refractivity contribution in [2.24, 2.45) is 5.92 Å². The highest BCUT2D eigenvalue weighted by atomic mass is 32.1. The van der Waals surface area contributed by atoms with Gasteiger partial charge in [0.15, 0.2) is 0 Å². The van der Waals surface area contributed by atoms with Gasteiger partial charge in [-0.15, -0.1) is 11.3 Å². The lowest BCUT2D eigenvalue weighted by molar-refractivity contribution is 0.180. The minimum Gasteiger partial charge on any atom is -0.395 e. The third-order valence-electron chi connectivity index (χ3n) is 5.02. The summed E-state index contributed by atoms with van der Waals surface area (Å²) in [6.45, 7) is 3.87. The highest BCUT2D eigenvalue weighted by Gasteiger charge is 2.29. The second kappa shape index (κ2) is 6.00. The largest absolute Gasteiger partial charge is 0.395 e. The zero-order valence-corrected chi connectivity index (χ0v) is 14.4. The van der Waals surface area contributed by atoms with Crippen LogP contribution in [-0.2, 0) is 19.4 Å². The summed E-state index contributed by atoms with van der Waals surface area (Å²) < 4.78 is 0. The first kappa shape index (κ1) is 15.3. The van der Waals surface area contributed by atoms with Gasteiger partial charge in [-0.25, -0.2) is 9.97 Å². The van der Waals surface area contributed by atoms with Crippen LogP contribution in [0.5, 0.6) is 0 Å². The molecule has 0 aromatic carbocycles. The summed E-state index contributed by atoms with van der Waals surface area (Å²) in [7, 11) is 0. The van der Waals surface area contributed by atoms with Gasteiger partial charge in [0.05, 0.1) is 18.5 Å². The molecule has 5 nitrogen and oxygen atoms in total. The molecule has 0 radical (unpaired) electrons. The molecule has 0 spiro atoms. The second-order valence-corrected chi connectivity index (χ2v) is 8.07. The van der Waals surface area contributed by atoms with Crippen LogP contribution in [0.4, 0.5) is 5.82 Å². The molecular formula is C17H24N4OS. The molecular weight excluding hydrogens is 308 g/mol. The van der Waals surface area contributed by atoms with Crippen LogP contribution in [0, 0.1) is 5.92 Å². The number of aromatic nitrogens is 2. The number of nitrogen functional groups attached to an aromatic ring is 1. The van der Waals surface area contributed by atoms with Gasteiger partial charge in [0, 0.05) is 17.5 Å². The zero-order chi connectivity index (χ0) is 16.0. The van der Waals surface area contributed by atoms with Crippen LogP contribution >= 0.6 is 11.3 Å². The Morgan fingerprint density at radius 3 is 2.87 bits per heavy atom. The van der Waals surface area contributed by atoms with E-state index in [1.807, 2.05) is 0 Å². The highest BCUT2D eigenvalue weighted by molar-refractivity contribution is 7.19. The fraction of sp³-hybridized carbons (Fsp3) is 0.647. The van der Waals surface area contributed by atoms with Gasteiger partial charge in [-0.05, 0) is 43.6 Å². The van der Waals surface area contributed by atoms with Crippen LogP contribution in [-0.4, -0.2) is 39.2 Å². The summed E-state index contributed by atoms with van der Waals surface area (Å²) in [5.41, 5.74) is 7.68. The van der Waals surface area contributed by atoms with Gasteiger partial charge in [0.25, 0.3) is 0 Å². The third-order valence-corrected chi connectivity index (χ3v) is 6.17. The molecule has 4 rings (SSSR count). The minimum atomic E-state index is 0.180. The Bertz CT molecular complexity index is 725. The van der Waals surface area contributed by atoms with Crippen molar-refractivity contribution < 1.29 is 5.11 Å². The van der Waals surface area contributed by atoms with E-state index in [0.717, 1.165) is 34.8 Å². The van der Waals surface area contributed by atoms with E-state index in [1.54, 1.807) is 11.3 Å². The van der Waals surface area contributed by atoms with Crippen molar-refractivity contribution >= 4 is 27.4 Å². The van der Waals surface area contributed by atoms with Crippen LogP contribution < -0.4 is 5.73 Å². The fourth-order valence-corrected chi connectivity index (χ4v) is 5.04. The van der Waals surface area contributed by atoms with Gasteiger partial charge in [0.2, 0.25) is 0 Å². The molecule has 0 aliphatic heterocycles. The second-order valence-electron chi connectivity index (χ2n) is 6.98. The molecule has 2 aliphatic carbocycles. The molecule has 0 bridgehead atoms. The molecule has 1 saturated carbocycles. The number of nitrogens with zero attached hydrogens (tertiary/aromatic N) is 3. The van der Waals surface area contributed by atoms with E-state index >= 15 is 0 Å². The Morgan fingerprint density at radius 2 is 2.13 bits per heavy atom. The predicted molar refractivity (Wildman–Crippen MR) is 93.5 cm³/mol. The highest BCUT2D eigenvalue weighted by Crippen LogP contribution is 2.39. The molecule has 0 saturated heterocycles. The van der Waals surface area contributed by atoms with Gasteiger partial charge < -0.3 is 10.8 Å². The Hall–Kier alpha value is -1.24. The number of fused-ring (bicyclic) bond motifs is 3. The standard InChI is InChI=1S/C17H24N4OS/c1-10-2-5-12-13(8-10)23-17-15(12)16(18)19-14(20-17)9-21(6-7-22)11-3-4-11/h10-11,22H,2-9H2,1H3,(H2,18,19,20). The van der Waals surface area contributed by atoms with Crippen LogP contribution in [0.25, 0.3) is 10.2 Å². The van der Waals surface area contributed by atoms with Crippen molar-refractivity contribution in [1.82, 2.24) is 14.9 Å². The van der Waals surface area contributed by atoms with Crippen LogP contribution in [0.15, 0.2) is 0 Å². The van der Waals surface area contributed by atoms with Crippen LogP contribution in [0.3, 0.4) is 0 Å². The molecule has 1 atom stereocenters. The Morgan fingerprint density at radius 1 is 1.30 bits per heavy atom. The Balaban J connectivity index is 1.67. The van der Waals surface area contributed by atoms with E-state index in [0.29, 0.717) is 24.9 Å². The van der Waals surface area contributed by atoms with Crippen molar-refractivity contribution in [1.29, 1.82) is 0 Å². The molecule has 124 valence electrons. The quantitative estimate of drug-likeness (QED) is 0.879. The van der Waals surface area contributed by atoms with Gasteiger partial charge in [-0.3, -0.25) is 4.90 Å². The summed E-state index contributed by atoms with van der Waals surface area (Å²) in [5, 5.41) is 10.3. The first-order chi connectivity index (χ1) is 11.2.